The van der Waals surface area contributed by atoms with Gasteiger partial charge in [0.2, 0.25) is 0 Å². The number of carbonyl (C=O) groups is 1. The largest absolute Gasteiger partial charge is 0.330 e. The molecule has 1 aromatic carbocycles. The van der Waals surface area contributed by atoms with E-state index in [2.05, 4.69) is 17.0 Å². The Morgan fingerprint density at radius 2 is 1.83 bits per heavy atom. The molecule has 1 spiro atoms. The Morgan fingerprint density at radius 3 is 2.59 bits per heavy atom. The number of nitrogens with zero attached hydrogens (tertiary/aromatic N) is 3. The van der Waals surface area contributed by atoms with E-state index in [-0.39, 0.29) is 29.1 Å². The van der Waals surface area contributed by atoms with E-state index < -0.39 is 5.41 Å². The molecule has 0 saturated carbocycles. The zero-order chi connectivity index (χ0) is 20.3. The molecule has 1 aromatic heterocycles. The number of rotatable bonds is 3. The Balaban J connectivity index is 1.64. The topological polar surface area (TPSA) is 64.3 Å². The van der Waals surface area contributed by atoms with Gasteiger partial charge in [0, 0.05) is 38.8 Å². The summed E-state index contributed by atoms with van der Waals surface area (Å²) in [6.07, 6.45) is 6.58. The van der Waals surface area contributed by atoms with E-state index in [1.165, 1.54) is 17.2 Å². The summed E-state index contributed by atoms with van der Waals surface area (Å²) in [6, 6.07) is 10.3. The fourth-order valence-electron chi connectivity index (χ4n) is 5.74. The van der Waals surface area contributed by atoms with Crippen LogP contribution in [0.3, 0.4) is 0 Å². The van der Waals surface area contributed by atoms with Crippen molar-refractivity contribution >= 4 is 5.78 Å². The van der Waals surface area contributed by atoms with Gasteiger partial charge in [0.15, 0.2) is 5.78 Å². The molecule has 0 radical (unpaired) electrons. The third kappa shape index (κ3) is 2.48. The van der Waals surface area contributed by atoms with Crippen molar-refractivity contribution in [1.29, 1.82) is 0 Å². The van der Waals surface area contributed by atoms with Crippen molar-refractivity contribution in [3.63, 3.8) is 0 Å². The second-order valence-electron chi connectivity index (χ2n) is 8.64. The molecule has 29 heavy (non-hydrogen) atoms. The summed E-state index contributed by atoms with van der Waals surface area (Å²) < 4.78 is 2.75. The highest BCUT2D eigenvalue weighted by Crippen LogP contribution is 2.58. The molecule has 2 heterocycles. The van der Waals surface area contributed by atoms with Gasteiger partial charge in [-0.05, 0) is 30.9 Å². The summed E-state index contributed by atoms with van der Waals surface area (Å²) in [5.41, 5.74) is 1.42. The number of hydrogen-bond acceptors (Lipinski definition) is 4. The standard InChI is InChI=1S/C23H25N3O3/c1-24-17-14-23-13-16(9-6-10-18(23)27)26(12-11-15-7-4-3-5-8-15)20(23)19(17)21(28)25(2)22(24)29/h3-8,10,16,20H,9,11-14H2,1-2H3/t16-,20-,23+/m0/s1. The number of allylic oxidation sites excluding steroid dienone is 1. The first kappa shape index (κ1) is 18.3. The third-order valence-electron chi connectivity index (χ3n) is 7.17. The lowest BCUT2D eigenvalue weighted by atomic mass is 9.76. The number of hydrogen-bond donors (Lipinski definition) is 0. The van der Waals surface area contributed by atoms with Crippen molar-refractivity contribution in [3.8, 4) is 0 Å². The Labute approximate surface area is 169 Å². The molecule has 6 heteroatoms. The summed E-state index contributed by atoms with van der Waals surface area (Å²) in [6.45, 7) is 0.785. The van der Waals surface area contributed by atoms with Crippen LogP contribution in [0.4, 0.5) is 0 Å². The van der Waals surface area contributed by atoms with Gasteiger partial charge in [0.05, 0.1) is 17.0 Å². The van der Waals surface area contributed by atoms with Gasteiger partial charge >= 0.3 is 5.69 Å². The number of fused-ring (bicyclic) bond motifs is 3. The zero-order valence-corrected chi connectivity index (χ0v) is 16.8. The Morgan fingerprint density at radius 1 is 1.07 bits per heavy atom. The van der Waals surface area contributed by atoms with Gasteiger partial charge < -0.3 is 4.57 Å². The second kappa shape index (κ2) is 6.39. The predicted octanol–water partition coefficient (Wildman–Crippen LogP) is 1.51. The summed E-state index contributed by atoms with van der Waals surface area (Å²) in [5.74, 6) is 0.0953. The Bertz CT molecular complexity index is 1140. The molecule has 3 atom stereocenters. The van der Waals surface area contributed by atoms with E-state index in [0.29, 0.717) is 12.0 Å². The number of likely N-dealkylation sites (tertiary alicyclic amines) is 1. The highest BCUT2D eigenvalue weighted by Gasteiger charge is 2.61. The van der Waals surface area contributed by atoms with E-state index in [0.717, 1.165) is 31.5 Å². The van der Waals surface area contributed by atoms with Gasteiger partial charge in [0.25, 0.3) is 5.56 Å². The molecule has 1 saturated heterocycles. The molecule has 0 amide bonds. The maximum atomic E-state index is 13.2. The van der Waals surface area contributed by atoms with E-state index in [1.807, 2.05) is 24.3 Å². The molecule has 0 N–H and O–H groups in total. The van der Waals surface area contributed by atoms with Crippen LogP contribution in [0, 0.1) is 5.41 Å². The zero-order valence-electron chi connectivity index (χ0n) is 16.8. The predicted molar refractivity (Wildman–Crippen MR) is 110 cm³/mol. The number of carbonyl (C=O) groups excluding carboxylic acids is 1. The van der Waals surface area contributed by atoms with Crippen molar-refractivity contribution < 1.29 is 4.79 Å². The lowest BCUT2D eigenvalue weighted by molar-refractivity contribution is -0.124. The monoisotopic (exact) mass is 391 g/mol. The fourth-order valence-corrected chi connectivity index (χ4v) is 5.74. The van der Waals surface area contributed by atoms with Crippen LogP contribution in [0.5, 0.6) is 0 Å². The SMILES string of the molecule is Cn1c2c(c(=O)n(C)c1=O)[C@@H]1N(CCc3ccccc3)[C@H]3CC=CC(=O)[C@]1(C2)C3. The van der Waals surface area contributed by atoms with E-state index in [9.17, 15) is 14.4 Å². The maximum absolute atomic E-state index is 13.2. The molecule has 5 rings (SSSR count). The maximum Gasteiger partial charge on any atom is 0.330 e. The fraction of sp³-hybridized carbons (Fsp3) is 0.435. The first-order chi connectivity index (χ1) is 13.9. The molecule has 2 aromatic rings. The molecule has 150 valence electrons. The first-order valence-corrected chi connectivity index (χ1v) is 10.2. The van der Waals surface area contributed by atoms with Gasteiger partial charge in [-0.15, -0.1) is 0 Å². The minimum Gasteiger partial charge on any atom is -0.300 e. The summed E-state index contributed by atoms with van der Waals surface area (Å²) in [4.78, 5) is 41.3. The van der Waals surface area contributed by atoms with E-state index in [4.69, 9.17) is 0 Å². The van der Waals surface area contributed by atoms with Gasteiger partial charge in [0.1, 0.15) is 0 Å². The minimum atomic E-state index is -0.631. The number of ketones is 1. The normalized spacial score (nSPS) is 27.7. The molecule has 1 aliphatic heterocycles. The molecule has 6 nitrogen and oxygen atoms in total. The smallest absolute Gasteiger partial charge is 0.300 e. The summed E-state index contributed by atoms with van der Waals surface area (Å²) in [7, 11) is 3.24. The molecule has 3 aliphatic rings. The first-order valence-electron chi connectivity index (χ1n) is 10.2. The molecular formula is C23H25N3O3. The molecular weight excluding hydrogens is 366 g/mol. The van der Waals surface area contributed by atoms with Crippen LogP contribution in [0.2, 0.25) is 0 Å². The quantitative estimate of drug-likeness (QED) is 0.796. The lowest BCUT2D eigenvalue weighted by Gasteiger charge is -2.33. The van der Waals surface area contributed by atoms with E-state index in [1.54, 1.807) is 17.7 Å². The summed E-state index contributed by atoms with van der Waals surface area (Å²) >= 11 is 0. The molecule has 2 aliphatic carbocycles. The van der Waals surface area contributed by atoms with Crippen LogP contribution in [0.15, 0.2) is 52.1 Å². The van der Waals surface area contributed by atoms with Crippen molar-refractivity contribution in [2.45, 2.75) is 37.8 Å². The van der Waals surface area contributed by atoms with Gasteiger partial charge in [-0.1, -0.05) is 36.4 Å². The lowest BCUT2D eigenvalue weighted by Crippen LogP contribution is -2.43. The van der Waals surface area contributed by atoms with Crippen LogP contribution in [-0.4, -0.2) is 32.4 Å². The Kier molecular flexibility index (Phi) is 4.03. The van der Waals surface area contributed by atoms with Crippen molar-refractivity contribution in [3.05, 3.63) is 80.1 Å². The average Bonchev–Trinajstić information content (AvgIpc) is 3.15. The van der Waals surface area contributed by atoms with E-state index >= 15 is 0 Å². The van der Waals surface area contributed by atoms with Crippen LogP contribution < -0.4 is 11.2 Å². The second-order valence-corrected chi connectivity index (χ2v) is 8.64. The molecule has 0 unspecified atom stereocenters. The van der Waals surface area contributed by atoms with Crippen LogP contribution in [0.1, 0.15) is 35.7 Å². The van der Waals surface area contributed by atoms with Crippen LogP contribution in [0.25, 0.3) is 0 Å². The Hall–Kier alpha value is -2.73. The van der Waals surface area contributed by atoms with Gasteiger partial charge in [-0.25, -0.2) is 4.79 Å². The summed E-state index contributed by atoms with van der Waals surface area (Å²) in [5, 5.41) is 0. The van der Waals surface area contributed by atoms with Crippen LogP contribution >= 0.6 is 0 Å². The molecule has 1 fully saturated rings. The number of aromatic nitrogens is 2. The van der Waals surface area contributed by atoms with Crippen molar-refractivity contribution in [2.75, 3.05) is 6.54 Å². The van der Waals surface area contributed by atoms with Gasteiger partial charge in [-0.2, -0.15) is 0 Å². The molecule has 2 bridgehead atoms. The van der Waals surface area contributed by atoms with Gasteiger partial charge in [-0.3, -0.25) is 19.1 Å². The van der Waals surface area contributed by atoms with Crippen LogP contribution in [-0.2, 0) is 31.7 Å². The average molecular weight is 391 g/mol. The third-order valence-corrected chi connectivity index (χ3v) is 7.17. The van der Waals surface area contributed by atoms with Crippen molar-refractivity contribution in [1.82, 2.24) is 14.0 Å². The highest BCUT2D eigenvalue weighted by atomic mass is 16.2. The van der Waals surface area contributed by atoms with Crippen molar-refractivity contribution in [2.24, 2.45) is 19.5 Å². The number of benzene rings is 1. The minimum absolute atomic E-state index is 0.0953. The highest BCUT2D eigenvalue weighted by molar-refractivity contribution is 5.97.